The topological polar surface area (TPSA) is 29.0 Å². The first kappa shape index (κ1) is 26.8. The molecule has 6 aromatic carbocycles. The van der Waals surface area contributed by atoms with Gasteiger partial charge in [0.05, 0.1) is 11.1 Å². The molecule has 7 aromatic rings. The summed E-state index contributed by atoms with van der Waals surface area (Å²) >= 11 is 0. The van der Waals surface area contributed by atoms with Crippen LogP contribution in [0.25, 0.3) is 22.6 Å². The number of aromatic nitrogens is 2. The number of rotatable bonds is 6. The molecule has 45 heavy (non-hydrogen) atoms. The van der Waals surface area contributed by atoms with Gasteiger partial charge in [0.1, 0.15) is 0 Å². The zero-order valence-corrected chi connectivity index (χ0v) is 25.0. The van der Waals surface area contributed by atoms with Gasteiger partial charge in [-0.2, -0.15) is 0 Å². The Hall–Kier alpha value is -5.80. The molecule has 0 saturated carbocycles. The number of para-hydroxylation sites is 2. The molecule has 1 aromatic heterocycles. The maximum absolute atomic E-state index is 5.23. The van der Waals surface area contributed by atoms with Crippen LogP contribution in [0.3, 0.4) is 0 Å². The van der Waals surface area contributed by atoms with Gasteiger partial charge in [0.25, 0.3) is 0 Å². The van der Waals surface area contributed by atoms with Crippen LogP contribution in [0.2, 0.25) is 0 Å². The minimum absolute atomic E-state index is 0.568. The van der Waals surface area contributed by atoms with E-state index in [1.54, 1.807) is 0 Å². The summed E-state index contributed by atoms with van der Waals surface area (Å²) < 4.78 is 0. The first-order valence-corrected chi connectivity index (χ1v) is 15.3. The first-order chi connectivity index (χ1) is 22.2. The summed E-state index contributed by atoms with van der Waals surface area (Å²) in [5, 5.41) is 0. The van der Waals surface area contributed by atoms with Crippen LogP contribution in [0.4, 0.5) is 17.1 Å². The predicted octanol–water partition coefficient (Wildman–Crippen LogP) is 10.3. The third-order valence-electron chi connectivity index (χ3n) is 8.95. The standard InChI is InChI=1S/C42H31N3/c1-30-15-11-14-24-39(30)45(34-20-9-4-10-21-34)35-27-25-33(26-28-35)42(32-18-7-3-8-19-32)37-23-13-12-22-36(37)40-38(42)29-43-41(44-40)31-16-5-2-6-17-31/h2-29H,1H3. The van der Waals surface area contributed by atoms with Gasteiger partial charge < -0.3 is 4.90 Å². The van der Waals surface area contributed by atoms with Gasteiger partial charge in [-0.3, -0.25) is 0 Å². The van der Waals surface area contributed by atoms with Crippen molar-refractivity contribution in [2.75, 3.05) is 4.90 Å². The highest BCUT2D eigenvalue weighted by Gasteiger charge is 2.47. The summed E-state index contributed by atoms with van der Waals surface area (Å²) in [7, 11) is 0. The Labute approximate surface area is 264 Å². The summed E-state index contributed by atoms with van der Waals surface area (Å²) in [6, 6.07) is 57.9. The molecule has 0 radical (unpaired) electrons. The molecule has 8 rings (SSSR count). The zero-order chi connectivity index (χ0) is 30.2. The molecule has 0 N–H and O–H groups in total. The van der Waals surface area contributed by atoms with Crippen molar-refractivity contribution in [1.29, 1.82) is 0 Å². The number of fused-ring (bicyclic) bond motifs is 3. The van der Waals surface area contributed by atoms with E-state index in [0.717, 1.165) is 45.3 Å². The van der Waals surface area contributed by atoms with Gasteiger partial charge in [0.15, 0.2) is 5.82 Å². The van der Waals surface area contributed by atoms with Crippen molar-refractivity contribution >= 4 is 17.1 Å². The van der Waals surface area contributed by atoms with E-state index in [-0.39, 0.29) is 0 Å². The lowest BCUT2D eigenvalue weighted by molar-refractivity contribution is 0.761. The Kier molecular flexibility index (Phi) is 6.57. The molecular weight excluding hydrogens is 546 g/mol. The molecule has 0 spiro atoms. The fourth-order valence-electron chi connectivity index (χ4n) is 6.91. The Bertz CT molecular complexity index is 2110. The molecule has 214 valence electrons. The summed E-state index contributed by atoms with van der Waals surface area (Å²) in [5.41, 5.74) is 11.9. The highest BCUT2D eigenvalue weighted by atomic mass is 15.1. The molecule has 1 unspecified atom stereocenters. The predicted molar refractivity (Wildman–Crippen MR) is 184 cm³/mol. The smallest absolute Gasteiger partial charge is 0.159 e. The van der Waals surface area contributed by atoms with Gasteiger partial charge in [-0.05, 0) is 59.5 Å². The normalized spacial score (nSPS) is 14.9. The highest BCUT2D eigenvalue weighted by Crippen LogP contribution is 2.55. The van der Waals surface area contributed by atoms with Crippen molar-refractivity contribution in [3.8, 4) is 22.6 Å². The van der Waals surface area contributed by atoms with Crippen molar-refractivity contribution in [2.24, 2.45) is 0 Å². The van der Waals surface area contributed by atoms with Crippen LogP contribution in [0.15, 0.2) is 170 Å². The summed E-state index contributed by atoms with van der Waals surface area (Å²) in [6.45, 7) is 2.17. The molecule has 0 aliphatic heterocycles. The summed E-state index contributed by atoms with van der Waals surface area (Å²) in [6.07, 6.45) is 2.05. The highest BCUT2D eigenvalue weighted by molar-refractivity contribution is 5.85. The monoisotopic (exact) mass is 577 g/mol. The van der Waals surface area contributed by atoms with Crippen LogP contribution in [-0.2, 0) is 5.41 Å². The van der Waals surface area contributed by atoms with Crippen LogP contribution < -0.4 is 4.90 Å². The van der Waals surface area contributed by atoms with E-state index in [0.29, 0.717) is 0 Å². The van der Waals surface area contributed by atoms with Crippen LogP contribution in [0.5, 0.6) is 0 Å². The Morgan fingerprint density at radius 2 is 1.09 bits per heavy atom. The molecule has 0 saturated heterocycles. The van der Waals surface area contributed by atoms with E-state index >= 15 is 0 Å². The largest absolute Gasteiger partial charge is 0.310 e. The molecule has 3 heteroatoms. The lowest BCUT2D eigenvalue weighted by atomic mass is 9.68. The first-order valence-electron chi connectivity index (χ1n) is 15.3. The molecule has 1 heterocycles. The van der Waals surface area contributed by atoms with E-state index in [9.17, 15) is 0 Å². The molecule has 1 aliphatic rings. The van der Waals surface area contributed by atoms with Gasteiger partial charge in [0.2, 0.25) is 0 Å². The SMILES string of the molecule is Cc1ccccc1N(c1ccccc1)c1ccc(C2(c3ccccc3)c3ccccc3-c3nc(-c4ccccc4)ncc32)cc1. The van der Waals surface area contributed by atoms with Gasteiger partial charge in [-0.25, -0.2) is 9.97 Å². The number of aryl methyl sites for hydroxylation is 1. The third kappa shape index (κ3) is 4.36. The Morgan fingerprint density at radius 3 is 1.82 bits per heavy atom. The number of anilines is 3. The van der Waals surface area contributed by atoms with Crippen molar-refractivity contribution in [1.82, 2.24) is 9.97 Å². The van der Waals surface area contributed by atoms with Crippen molar-refractivity contribution in [2.45, 2.75) is 12.3 Å². The van der Waals surface area contributed by atoms with Crippen molar-refractivity contribution < 1.29 is 0 Å². The van der Waals surface area contributed by atoms with E-state index < -0.39 is 5.41 Å². The average Bonchev–Trinajstić information content (AvgIpc) is 3.41. The fourth-order valence-corrected chi connectivity index (χ4v) is 6.91. The molecule has 3 nitrogen and oxygen atoms in total. The maximum Gasteiger partial charge on any atom is 0.159 e. The lowest BCUT2D eigenvalue weighted by Gasteiger charge is -2.34. The van der Waals surface area contributed by atoms with Crippen LogP contribution in [-0.4, -0.2) is 9.97 Å². The van der Waals surface area contributed by atoms with E-state index in [2.05, 4.69) is 164 Å². The summed E-state index contributed by atoms with van der Waals surface area (Å²) in [5.74, 6) is 0.736. The number of benzene rings is 6. The van der Waals surface area contributed by atoms with E-state index in [1.165, 1.54) is 22.3 Å². The van der Waals surface area contributed by atoms with Gasteiger partial charge in [-0.1, -0.05) is 133 Å². The van der Waals surface area contributed by atoms with Crippen molar-refractivity contribution in [3.63, 3.8) is 0 Å². The Morgan fingerprint density at radius 1 is 0.511 bits per heavy atom. The second kappa shape index (κ2) is 11.0. The number of hydrogen-bond acceptors (Lipinski definition) is 3. The number of nitrogens with zero attached hydrogens (tertiary/aromatic N) is 3. The van der Waals surface area contributed by atoms with Crippen molar-refractivity contribution in [3.05, 3.63) is 198 Å². The lowest BCUT2D eigenvalue weighted by Crippen LogP contribution is -2.29. The Balaban J connectivity index is 1.34. The molecule has 1 atom stereocenters. The van der Waals surface area contributed by atoms with E-state index in [4.69, 9.17) is 9.97 Å². The minimum Gasteiger partial charge on any atom is -0.310 e. The summed E-state index contributed by atoms with van der Waals surface area (Å²) in [4.78, 5) is 12.5. The second-order valence-corrected chi connectivity index (χ2v) is 11.5. The fraction of sp³-hybridized carbons (Fsp3) is 0.0476. The second-order valence-electron chi connectivity index (χ2n) is 11.5. The zero-order valence-electron chi connectivity index (χ0n) is 25.0. The quantitative estimate of drug-likeness (QED) is 0.197. The molecular formula is C42H31N3. The van der Waals surface area contributed by atoms with Crippen LogP contribution >= 0.6 is 0 Å². The molecule has 1 aliphatic carbocycles. The van der Waals surface area contributed by atoms with Gasteiger partial charge in [-0.15, -0.1) is 0 Å². The number of hydrogen-bond donors (Lipinski definition) is 0. The van der Waals surface area contributed by atoms with Gasteiger partial charge in [0, 0.05) is 39.9 Å². The third-order valence-corrected chi connectivity index (χ3v) is 8.95. The van der Waals surface area contributed by atoms with Crippen LogP contribution in [0.1, 0.15) is 27.8 Å². The average molecular weight is 578 g/mol. The van der Waals surface area contributed by atoms with E-state index in [1.807, 2.05) is 18.2 Å². The van der Waals surface area contributed by atoms with Gasteiger partial charge >= 0.3 is 0 Å². The maximum atomic E-state index is 5.23. The molecule has 0 amide bonds. The minimum atomic E-state index is -0.568. The molecule has 0 bridgehead atoms. The molecule has 0 fully saturated rings. The van der Waals surface area contributed by atoms with Crippen LogP contribution in [0, 0.1) is 6.92 Å².